The molecule has 26 heavy (non-hydrogen) atoms. The number of hydrogen-bond donors (Lipinski definition) is 2. The number of para-hydroxylation sites is 1. The maximum Gasteiger partial charge on any atom is 0.205 e. The summed E-state index contributed by atoms with van der Waals surface area (Å²) in [7, 11) is 0. The number of nitrogens with one attached hydrogen (secondary N) is 2. The van der Waals surface area contributed by atoms with Crippen LogP contribution >= 0.6 is 0 Å². The lowest BCUT2D eigenvalue weighted by Gasteiger charge is -2.11. The molecule has 4 heteroatoms. The Morgan fingerprint density at radius 2 is 1.85 bits per heavy atom. The highest BCUT2D eigenvalue weighted by atomic mass is 16.3. The molecule has 0 bridgehead atoms. The maximum absolute atomic E-state index is 6.15. The van der Waals surface area contributed by atoms with E-state index in [9.17, 15) is 0 Å². The fourth-order valence-electron chi connectivity index (χ4n) is 3.11. The summed E-state index contributed by atoms with van der Waals surface area (Å²) in [5.74, 6) is 0.784. The summed E-state index contributed by atoms with van der Waals surface area (Å²) in [6.07, 6.45) is 0. The zero-order valence-electron chi connectivity index (χ0n) is 15.3. The van der Waals surface area contributed by atoms with Crippen LogP contribution in [0.15, 0.2) is 59.0 Å². The molecule has 0 atom stereocenters. The van der Waals surface area contributed by atoms with Crippen LogP contribution in [0.2, 0.25) is 0 Å². The standard InChI is InChI=1S/C22H21N3O/c1-4-23-19-13-22-20(11-15(19)3)25-18-10-9-16(12-21(18)26-22)24-17-8-6-5-7-14(17)2/h5-13,24H,4H2,1-3H3/p+1. The van der Waals surface area contributed by atoms with Crippen molar-refractivity contribution in [3.63, 3.8) is 0 Å². The zero-order valence-corrected chi connectivity index (χ0v) is 15.3. The van der Waals surface area contributed by atoms with E-state index in [1.807, 2.05) is 36.4 Å². The van der Waals surface area contributed by atoms with Crippen LogP contribution in [0, 0.1) is 13.8 Å². The first-order valence-corrected chi connectivity index (χ1v) is 8.89. The molecule has 0 saturated heterocycles. The van der Waals surface area contributed by atoms with Crippen molar-refractivity contribution in [2.24, 2.45) is 0 Å². The molecule has 0 fully saturated rings. The molecule has 0 aromatic heterocycles. The van der Waals surface area contributed by atoms with Crippen molar-refractivity contribution in [3.05, 3.63) is 71.1 Å². The summed E-state index contributed by atoms with van der Waals surface area (Å²) in [5.41, 5.74) is 6.93. The molecular formula is C22H22N3O+. The van der Waals surface area contributed by atoms with E-state index in [0.717, 1.165) is 45.8 Å². The number of aromatic nitrogens is 1. The number of fused-ring (bicyclic) bond motifs is 2. The summed E-state index contributed by atoms with van der Waals surface area (Å²) in [6.45, 7) is 7.13. The first kappa shape index (κ1) is 16.3. The smallest absolute Gasteiger partial charge is 0.205 e. The van der Waals surface area contributed by atoms with Gasteiger partial charge in [-0.15, -0.1) is 0 Å². The van der Waals surface area contributed by atoms with Gasteiger partial charge in [0.05, 0.1) is 6.07 Å². The fourth-order valence-corrected chi connectivity index (χ4v) is 3.11. The molecule has 0 radical (unpaired) electrons. The third kappa shape index (κ3) is 3.06. The van der Waals surface area contributed by atoms with E-state index in [4.69, 9.17) is 9.40 Å². The van der Waals surface area contributed by atoms with Crippen LogP contribution in [0.5, 0.6) is 0 Å². The van der Waals surface area contributed by atoms with Gasteiger partial charge in [0.15, 0.2) is 11.3 Å². The van der Waals surface area contributed by atoms with Crippen LogP contribution in [-0.4, -0.2) is 11.5 Å². The van der Waals surface area contributed by atoms with Gasteiger partial charge in [0, 0.05) is 23.0 Å². The molecule has 0 spiro atoms. The second-order valence-corrected chi connectivity index (χ2v) is 6.50. The number of benzene rings is 3. The van der Waals surface area contributed by atoms with Crippen LogP contribution in [0.25, 0.3) is 22.6 Å². The van der Waals surface area contributed by atoms with Crippen molar-refractivity contribution in [2.45, 2.75) is 20.8 Å². The Morgan fingerprint density at radius 1 is 1.00 bits per heavy atom. The molecule has 2 aliphatic rings. The van der Waals surface area contributed by atoms with Gasteiger partial charge in [0.2, 0.25) is 5.36 Å². The quantitative estimate of drug-likeness (QED) is 0.561. The van der Waals surface area contributed by atoms with Gasteiger partial charge >= 0.3 is 0 Å². The minimum atomic E-state index is 0.766. The van der Waals surface area contributed by atoms with E-state index in [1.165, 1.54) is 11.1 Å². The normalized spacial score (nSPS) is 12.0. The van der Waals surface area contributed by atoms with Gasteiger partial charge in [-0.25, -0.2) is 9.98 Å². The van der Waals surface area contributed by atoms with Crippen LogP contribution < -0.4 is 15.7 Å². The van der Waals surface area contributed by atoms with Gasteiger partial charge in [-0.2, -0.15) is 0 Å². The lowest BCUT2D eigenvalue weighted by molar-refractivity contribution is -0.496. The molecule has 1 heterocycles. The molecule has 1 aliphatic carbocycles. The summed E-state index contributed by atoms with van der Waals surface area (Å²) in [6, 6.07) is 18.3. The van der Waals surface area contributed by atoms with Crippen LogP contribution in [-0.2, 0) is 0 Å². The zero-order chi connectivity index (χ0) is 18.1. The first-order valence-electron chi connectivity index (χ1n) is 8.89. The molecular weight excluding hydrogens is 322 g/mol. The summed E-state index contributed by atoms with van der Waals surface area (Å²) < 4.78 is 6.15. The second kappa shape index (κ2) is 6.64. The largest absolute Gasteiger partial charge is 0.452 e. The molecule has 4 rings (SSSR count). The van der Waals surface area contributed by atoms with E-state index < -0.39 is 0 Å². The van der Waals surface area contributed by atoms with Crippen molar-refractivity contribution >= 4 is 22.5 Å². The number of nitrogens with zero attached hydrogens (tertiary/aromatic N) is 1. The minimum Gasteiger partial charge on any atom is -0.452 e. The van der Waals surface area contributed by atoms with Gasteiger partial charge in [-0.05, 0) is 50.6 Å². The maximum atomic E-state index is 6.15. The van der Waals surface area contributed by atoms with Gasteiger partial charge in [0.1, 0.15) is 17.8 Å². The third-order valence-corrected chi connectivity index (χ3v) is 4.52. The lowest BCUT2D eigenvalue weighted by Crippen LogP contribution is -2.76. The molecule has 2 N–H and O–H groups in total. The lowest BCUT2D eigenvalue weighted by atomic mass is 10.1. The molecule has 4 nitrogen and oxygen atoms in total. The Morgan fingerprint density at radius 3 is 2.65 bits per heavy atom. The van der Waals surface area contributed by atoms with Gasteiger partial charge in [-0.1, -0.05) is 18.2 Å². The van der Waals surface area contributed by atoms with Gasteiger partial charge in [-0.3, -0.25) is 0 Å². The Bertz CT molecular complexity index is 1130. The number of aryl methyl sites for hydroxylation is 2. The number of hydrogen-bond acceptors (Lipinski definition) is 3. The molecule has 130 valence electrons. The van der Waals surface area contributed by atoms with E-state index in [0.29, 0.717) is 0 Å². The average molecular weight is 344 g/mol. The Hall–Kier alpha value is -3.14. The SMILES string of the molecule is CC[NH+]=c1cc2oc3cc(Nc4ccccc4C)ccc3nc-2cc1C. The first-order chi connectivity index (χ1) is 12.6. The van der Waals surface area contributed by atoms with Gasteiger partial charge in [0.25, 0.3) is 0 Å². The Balaban J connectivity index is 1.81. The van der Waals surface area contributed by atoms with E-state index in [-0.39, 0.29) is 0 Å². The van der Waals surface area contributed by atoms with Gasteiger partial charge < -0.3 is 9.73 Å². The monoisotopic (exact) mass is 344 g/mol. The van der Waals surface area contributed by atoms with E-state index >= 15 is 0 Å². The summed E-state index contributed by atoms with van der Waals surface area (Å²) in [4.78, 5) is 8.12. The van der Waals surface area contributed by atoms with Crippen LogP contribution in [0.4, 0.5) is 11.4 Å². The highest BCUT2D eigenvalue weighted by Crippen LogP contribution is 2.28. The number of anilines is 2. The molecule has 0 unspecified atom stereocenters. The summed E-state index contributed by atoms with van der Waals surface area (Å²) >= 11 is 0. The highest BCUT2D eigenvalue weighted by Gasteiger charge is 2.13. The average Bonchev–Trinajstić information content (AvgIpc) is 2.63. The van der Waals surface area contributed by atoms with Crippen molar-refractivity contribution in [2.75, 3.05) is 11.9 Å². The molecule has 1 aliphatic heterocycles. The van der Waals surface area contributed by atoms with E-state index in [1.54, 1.807) is 0 Å². The summed E-state index contributed by atoms with van der Waals surface area (Å²) in [5, 5.41) is 4.54. The highest BCUT2D eigenvalue weighted by molar-refractivity contribution is 5.81. The topological polar surface area (TPSA) is 52.0 Å². The molecule has 2 aromatic rings. The van der Waals surface area contributed by atoms with Crippen molar-refractivity contribution in [1.82, 2.24) is 4.98 Å². The Kier molecular flexibility index (Phi) is 4.17. The molecule has 0 saturated carbocycles. The van der Waals surface area contributed by atoms with E-state index in [2.05, 4.69) is 49.3 Å². The second-order valence-electron chi connectivity index (χ2n) is 6.50. The van der Waals surface area contributed by atoms with Crippen LogP contribution in [0.1, 0.15) is 18.1 Å². The fraction of sp³-hybridized carbons (Fsp3) is 0.182. The van der Waals surface area contributed by atoms with Crippen LogP contribution in [0.3, 0.4) is 0 Å². The van der Waals surface area contributed by atoms with Crippen molar-refractivity contribution < 1.29 is 9.41 Å². The van der Waals surface area contributed by atoms with Crippen molar-refractivity contribution in [3.8, 4) is 11.5 Å². The predicted molar refractivity (Wildman–Crippen MR) is 104 cm³/mol. The molecule has 0 amide bonds. The Labute approximate surface area is 152 Å². The number of rotatable bonds is 3. The predicted octanol–water partition coefficient (Wildman–Crippen LogP) is 3.29. The van der Waals surface area contributed by atoms with Crippen molar-refractivity contribution in [1.29, 1.82) is 0 Å². The third-order valence-electron chi connectivity index (χ3n) is 4.52. The molecule has 2 aromatic carbocycles. The minimum absolute atomic E-state index is 0.766.